The van der Waals surface area contributed by atoms with Gasteiger partial charge in [0.25, 0.3) is 0 Å². The van der Waals surface area contributed by atoms with E-state index in [9.17, 15) is 0 Å². The van der Waals surface area contributed by atoms with Crippen molar-refractivity contribution in [2.24, 2.45) is 9.98 Å². The fourth-order valence-corrected chi connectivity index (χ4v) is 2.44. The molecule has 0 atom stereocenters. The van der Waals surface area contributed by atoms with Crippen molar-refractivity contribution in [2.45, 2.75) is 55.4 Å². The zero-order valence-corrected chi connectivity index (χ0v) is 32.3. The summed E-state index contributed by atoms with van der Waals surface area (Å²) in [6.07, 6.45) is 0. The van der Waals surface area contributed by atoms with Gasteiger partial charge < -0.3 is 81.2 Å². The molecular formula is C28H44N14Ni3O4. The number of ether oxygens (including phenoxy) is 4. The van der Waals surface area contributed by atoms with Gasteiger partial charge in [0.1, 0.15) is 0 Å². The molecule has 0 aliphatic carbocycles. The Kier molecular flexibility index (Phi) is 35.8. The molecule has 0 bridgehead atoms. The number of hydrogen-bond acceptors (Lipinski definition) is 10. The predicted molar refractivity (Wildman–Crippen MR) is 175 cm³/mol. The SMILES string of the molecule is COC(=N)/N=C(\[NH-])OC.COC(=N)/N=C(\[NH-])OC.Cc1cc(C)[n-]n1.Cc1cc(C)[n-]n1.Cc1cc(C)[n-]n1.Cc1cc(C)[n-]n1.[Ni+2].[Ni+2].[Ni+2]. The second-order valence-electron chi connectivity index (χ2n) is 8.77. The molecule has 18 nitrogen and oxygen atoms in total. The fraction of sp³-hybridized carbons (Fsp3) is 0.429. The minimum atomic E-state index is -0.332. The molecule has 280 valence electrons. The third kappa shape index (κ3) is 33.5. The molecule has 0 saturated heterocycles. The molecular weight excluding hydrogens is 772 g/mol. The van der Waals surface area contributed by atoms with E-state index >= 15 is 0 Å². The number of methoxy groups -OCH3 is 4. The van der Waals surface area contributed by atoms with Gasteiger partial charge in [-0.05, 0) is 27.7 Å². The molecule has 0 aliphatic heterocycles. The van der Waals surface area contributed by atoms with Crippen LogP contribution < -0.4 is 20.4 Å². The van der Waals surface area contributed by atoms with Crippen molar-refractivity contribution in [1.29, 1.82) is 10.8 Å². The summed E-state index contributed by atoms with van der Waals surface area (Å²) < 4.78 is 17.3. The van der Waals surface area contributed by atoms with Gasteiger partial charge in [0.05, 0.1) is 40.5 Å². The van der Waals surface area contributed by atoms with Crippen molar-refractivity contribution < 1.29 is 68.4 Å². The summed E-state index contributed by atoms with van der Waals surface area (Å²) >= 11 is 0. The van der Waals surface area contributed by atoms with E-state index in [1.54, 1.807) is 0 Å². The van der Waals surface area contributed by atoms with Crippen molar-refractivity contribution in [3.63, 3.8) is 0 Å². The third-order valence-corrected chi connectivity index (χ3v) is 4.31. The Morgan fingerprint density at radius 3 is 0.776 bits per heavy atom. The minimum Gasteiger partial charge on any atom is -0.579 e. The van der Waals surface area contributed by atoms with Gasteiger partial charge in [-0.25, -0.2) is 0 Å². The van der Waals surface area contributed by atoms with Gasteiger partial charge in [-0.15, -0.1) is 22.8 Å². The second kappa shape index (κ2) is 32.4. The van der Waals surface area contributed by atoms with Gasteiger partial charge in [0.2, 0.25) is 12.0 Å². The van der Waals surface area contributed by atoms with Gasteiger partial charge in [-0.3, -0.25) is 10.8 Å². The van der Waals surface area contributed by atoms with E-state index in [0.29, 0.717) is 0 Å². The third-order valence-electron chi connectivity index (χ3n) is 4.31. The molecule has 0 aliphatic rings. The van der Waals surface area contributed by atoms with E-state index in [1.807, 2.05) is 79.7 Å². The summed E-state index contributed by atoms with van der Waals surface area (Å²) in [6.45, 7) is 15.4. The van der Waals surface area contributed by atoms with Crippen LogP contribution in [-0.4, -0.2) is 72.9 Å². The number of aliphatic imine (C=N–C) groups is 2. The number of aromatic nitrogens is 8. The number of hydrogen-bond donors (Lipinski definition) is 2. The zero-order valence-electron chi connectivity index (χ0n) is 29.4. The number of nitrogens with one attached hydrogen (secondary N) is 4. The zero-order chi connectivity index (χ0) is 35.7. The van der Waals surface area contributed by atoms with Gasteiger partial charge >= 0.3 is 49.5 Å². The van der Waals surface area contributed by atoms with E-state index in [4.69, 9.17) is 22.3 Å². The molecule has 4 heterocycles. The van der Waals surface area contributed by atoms with Crippen LogP contribution >= 0.6 is 0 Å². The summed E-state index contributed by atoms with van der Waals surface area (Å²) in [4.78, 5) is 6.47. The maximum absolute atomic E-state index is 6.76. The molecule has 0 aromatic carbocycles. The summed E-state index contributed by atoms with van der Waals surface area (Å²) in [6, 6.07) is 6.45. The first-order chi connectivity index (χ1) is 21.6. The van der Waals surface area contributed by atoms with E-state index in [0.717, 1.165) is 45.6 Å². The van der Waals surface area contributed by atoms with E-state index in [-0.39, 0.29) is 73.6 Å². The molecule has 0 unspecified atom stereocenters. The van der Waals surface area contributed by atoms with Gasteiger partial charge in [0, 0.05) is 22.8 Å². The Hall–Kier alpha value is -4.20. The number of aryl methyl sites for hydroxylation is 8. The van der Waals surface area contributed by atoms with Crippen LogP contribution in [0.25, 0.3) is 11.5 Å². The summed E-state index contributed by atoms with van der Waals surface area (Å²) in [7, 11) is 5.20. The van der Waals surface area contributed by atoms with E-state index in [1.165, 1.54) is 28.4 Å². The molecule has 0 spiro atoms. The van der Waals surface area contributed by atoms with Crippen LogP contribution in [0.3, 0.4) is 0 Å². The van der Waals surface area contributed by atoms with Gasteiger partial charge in [-0.1, -0.05) is 52.0 Å². The van der Waals surface area contributed by atoms with Crippen molar-refractivity contribution in [1.82, 2.24) is 40.8 Å². The molecule has 0 saturated carbocycles. The first-order valence-corrected chi connectivity index (χ1v) is 13.2. The first-order valence-electron chi connectivity index (χ1n) is 13.2. The second-order valence-corrected chi connectivity index (χ2v) is 8.77. The molecule has 4 N–H and O–H groups in total. The summed E-state index contributed by atoms with van der Waals surface area (Å²) in [5, 5.41) is 43.7. The summed E-state index contributed by atoms with van der Waals surface area (Å²) in [5.74, 6) is 0. The molecule has 0 radical (unpaired) electrons. The first kappa shape index (κ1) is 54.3. The maximum atomic E-state index is 6.76. The van der Waals surface area contributed by atoms with Crippen LogP contribution in [-0.2, 0) is 68.4 Å². The Bertz CT molecular complexity index is 1210. The molecule has 49 heavy (non-hydrogen) atoms. The Balaban J connectivity index is -0.000000156. The van der Waals surface area contributed by atoms with Crippen LogP contribution in [0.2, 0.25) is 0 Å². The number of amidine groups is 4. The quantitative estimate of drug-likeness (QED) is 0.146. The Labute approximate surface area is 317 Å². The van der Waals surface area contributed by atoms with E-state index in [2.05, 4.69) is 69.7 Å². The normalized spacial score (nSPS) is 9.31. The minimum absolute atomic E-state index is 0. The van der Waals surface area contributed by atoms with E-state index < -0.39 is 0 Å². The van der Waals surface area contributed by atoms with Gasteiger partial charge in [0.15, 0.2) is 0 Å². The molecule has 0 amide bonds. The monoisotopic (exact) mass is 814 g/mol. The van der Waals surface area contributed by atoms with Gasteiger partial charge in [-0.2, -0.15) is 0 Å². The number of nitrogens with zero attached hydrogens (tertiary/aromatic N) is 10. The van der Waals surface area contributed by atoms with Crippen LogP contribution in [0.15, 0.2) is 34.3 Å². The van der Waals surface area contributed by atoms with Crippen molar-refractivity contribution in [3.05, 3.63) is 81.3 Å². The average Bonchev–Trinajstić information content (AvgIpc) is 3.80. The van der Waals surface area contributed by atoms with Crippen LogP contribution in [0.1, 0.15) is 45.6 Å². The Morgan fingerprint density at radius 2 is 0.694 bits per heavy atom. The average molecular weight is 817 g/mol. The molecule has 4 aromatic rings. The topological polar surface area (TPSA) is 265 Å². The van der Waals surface area contributed by atoms with Crippen molar-refractivity contribution in [2.75, 3.05) is 28.4 Å². The van der Waals surface area contributed by atoms with Crippen LogP contribution in [0.5, 0.6) is 0 Å². The molecule has 4 rings (SSSR count). The van der Waals surface area contributed by atoms with Crippen LogP contribution in [0.4, 0.5) is 0 Å². The fourth-order valence-electron chi connectivity index (χ4n) is 2.44. The van der Waals surface area contributed by atoms with Crippen molar-refractivity contribution in [3.8, 4) is 0 Å². The van der Waals surface area contributed by atoms with Crippen molar-refractivity contribution >= 4 is 24.1 Å². The molecule has 4 aromatic heterocycles. The summed E-state index contributed by atoms with van der Waals surface area (Å²) in [5.41, 5.74) is 21.5. The molecule has 0 fully saturated rings. The number of rotatable bonds is 0. The smallest absolute Gasteiger partial charge is 0.579 e. The standard InChI is InChI=1S/4C5H7N2.2C4H8N3O2.3Ni/c4*1-4-3-5(2)7-6-4;2*1-8-3(5)7-4(6)9-2;;;/h4*3H,1-2H3;2*1-2H3,(H2-,5,6,7);;;/q6*-1;3*+2. The maximum Gasteiger partial charge on any atom is 2.00 e. The van der Waals surface area contributed by atoms with Crippen LogP contribution in [0, 0.1) is 66.2 Å². The Morgan fingerprint density at radius 1 is 0.490 bits per heavy atom. The predicted octanol–water partition coefficient (Wildman–Crippen LogP) is 3.86. The largest absolute Gasteiger partial charge is 2.00 e. The molecule has 21 heteroatoms.